The van der Waals surface area contributed by atoms with Crippen LogP contribution in [0.3, 0.4) is 0 Å². The summed E-state index contributed by atoms with van der Waals surface area (Å²) in [5.74, 6) is -0.133. The average molecular weight is 209 g/mol. The van der Waals surface area contributed by atoms with E-state index in [4.69, 9.17) is 0 Å². The Morgan fingerprint density at radius 1 is 1.64 bits per heavy atom. The predicted octanol–water partition coefficient (Wildman–Crippen LogP) is 0.442. The number of aromatic amines is 1. The molecule has 0 fully saturated rings. The third kappa shape index (κ3) is 2.13. The number of hydrogen-bond acceptors (Lipinski definition) is 5. The average Bonchev–Trinajstić information content (AvgIpc) is 2.76. The van der Waals surface area contributed by atoms with E-state index in [1.54, 1.807) is 11.7 Å². The molecule has 0 saturated heterocycles. The molecule has 72 valence electrons. The van der Waals surface area contributed by atoms with Crippen LogP contribution >= 0.6 is 11.3 Å². The van der Waals surface area contributed by atoms with Crippen LogP contribution in [0.2, 0.25) is 0 Å². The number of imidazole rings is 1. The normalized spacial score (nSPS) is 10.0. The fourth-order valence-corrected chi connectivity index (χ4v) is 1.41. The number of hydrogen-bond donors (Lipinski definition) is 2. The quantitative estimate of drug-likeness (QED) is 0.768. The number of amides is 1. The Hall–Kier alpha value is -1.76. The van der Waals surface area contributed by atoms with Crippen molar-refractivity contribution >= 4 is 22.4 Å². The molecule has 0 spiro atoms. The van der Waals surface area contributed by atoms with Gasteiger partial charge in [-0.1, -0.05) is 11.3 Å². The van der Waals surface area contributed by atoms with Crippen molar-refractivity contribution in [3.05, 3.63) is 23.7 Å². The molecule has 14 heavy (non-hydrogen) atoms. The third-order valence-electron chi connectivity index (χ3n) is 1.51. The first-order valence-corrected chi connectivity index (χ1v) is 4.76. The Balaban J connectivity index is 1.91. The van der Waals surface area contributed by atoms with Crippen LogP contribution in [-0.4, -0.2) is 26.1 Å². The van der Waals surface area contributed by atoms with Crippen LogP contribution in [0.15, 0.2) is 18.0 Å². The Kier molecular flexibility index (Phi) is 2.50. The molecule has 0 aromatic carbocycles. The van der Waals surface area contributed by atoms with Gasteiger partial charge in [-0.05, 0) is 0 Å². The second kappa shape index (κ2) is 3.97. The van der Waals surface area contributed by atoms with Gasteiger partial charge in [-0.25, -0.2) is 4.98 Å². The van der Waals surface area contributed by atoms with E-state index in [1.165, 1.54) is 17.7 Å². The highest BCUT2D eigenvalue weighted by Crippen LogP contribution is 2.08. The van der Waals surface area contributed by atoms with Crippen molar-refractivity contribution < 1.29 is 4.79 Å². The van der Waals surface area contributed by atoms with E-state index in [0.717, 1.165) is 5.69 Å². The van der Waals surface area contributed by atoms with Gasteiger partial charge in [-0.3, -0.25) is 4.79 Å². The molecule has 0 saturated carbocycles. The molecule has 2 N–H and O–H groups in total. The lowest BCUT2D eigenvalue weighted by molar-refractivity contribution is -0.115. The highest BCUT2D eigenvalue weighted by atomic mass is 32.1. The van der Waals surface area contributed by atoms with Crippen molar-refractivity contribution in [1.82, 2.24) is 20.2 Å². The number of rotatable bonds is 3. The van der Waals surface area contributed by atoms with Crippen LogP contribution in [-0.2, 0) is 11.2 Å². The topological polar surface area (TPSA) is 83.6 Å². The van der Waals surface area contributed by atoms with Crippen molar-refractivity contribution in [3.8, 4) is 0 Å². The molecule has 6 nitrogen and oxygen atoms in total. The molecule has 1 amide bonds. The fourth-order valence-electron chi connectivity index (χ4n) is 0.945. The van der Waals surface area contributed by atoms with Gasteiger partial charge in [0.15, 0.2) is 0 Å². The number of H-pyrrole nitrogens is 1. The summed E-state index contributed by atoms with van der Waals surface area (Å²) >= 11 is 1.28. The third-order valence-corrected chi connectivity index (χ3v) is 2.12. The first-order valence-electron chi connectivity index (χ1n) is 3.88. The van der Waals surface area contributed by atoms with Crippen molar-refractivity contribution in [2.45, 2.75) is 6.42 Å². The summed E-state index contributed by atoms with van der Waals surface area (Å²) in [6.07, 6.45) is 3.41. The minimum Gasteiger partial charge on any atom is -0.348 e. The van der Waals surface area contributed by atoms with Gasteiger partial charge in [0, 0.05) is 11.9 Å². The summed E-state index contributed by atoms with van der Waals surface area (Å²) < 4.78 is 0. The van der Waals surface area contributed by atoms with E-state index >= 15 is 0 Å². The maximum Gasteiger partial charge on any atom is 0.232 e. The minimum atomic E-state index is -0.133. The predicted molar refractivity (Wildman–Crippen MR) is 50.8 cm³/mol. The molecule has 0 aliphatic heterocycles. The zero-order chi connectivity index (χ0) is 9.80. The van der Waals surface area contributed by atoms with Crippen LogP contribution in [0, 0.1) is 0 Å². The Bertz CT molecular complexity index is 357. The minimum absolute atomic E-state index is 0.133. The summed E-state index contributed by atoms with van der Waals surface area (Å²) in [5, 5.41) is 10.4. The molecular weight excluding hydrogens is 202 g/mol. The molecule has 2 aromatic rings. The summed E-state index contributed by atoms with van der Waals surface area (Å²) in [4.78, 5) is 18.0. The molecule has 7 heteroatoms. The Labute approximate surface area is 83.4 Å². The molecular formula is C7H7N5OS. The van der Waals surface area contributed by atoms with Gasteiger partial charge < -0.3 is 10.3 Å². The van der Waals surface area contributed by atoms with E-state index < -0.39 is 0 Å². The number of aromatic nitrogens is 4. The summed E-state index contributed by atoms with van der Waals surface area (Å²) in [6, 6.07) is 0. The van der Waals surface area contributed by atoms with Crippen LogP contribution in [0.25, 0.3) is 0 Å². The van der Waals surface area contributed by atoms with Crippen molar-refractivity contribution in [3.63, 3.8) is 0 Å². The second-order valence-corrected chi connectivity index (χ2v) is 3.38. The van der Waals surface area contributed by atoms with Crippen LogP contribution in [0.5, 0.6) is 0 Å². The molecule has 0 unspecified atom stereocenters. The molecule has 2 rings (SSSR count). The Morgan fingerprint density at radius 3 is 3.21 bits per heavy atom. The zero-order valence-corrected chi connectivity index (χ0v) is 7.91. The molecule has 0 aliphatic rings. The van der Waals surface area contributed by atoms with Crippen LogP contribution in [0.4, 0.5) is 5.13 Å². The lowest BCUT2D eigenvalue weighted by Crippen LogP contribution is -2.14. The Morgan fingerprint density at radius 2 is 2.57 bits per heavy atom. The molecule has 0 radical (unpaired) electrons. The van der Waals surface area contributed by atoms with E-state index in [9.17, 15) is 4.79 Å². The monoisotopic (exact) mass is 209 g/mol. The SMILES string of the molecule is O=C(Cc1cnc[nH]1)Nc1nncs1. The van der Waals surface area contributed by atoms with E-state index in [-0.39, 0.29) is 12.3 Å². The lowest BCUT2D eigenvalue weighted by atomic mass is 10.3. The number of nitrogens with one attached hydrogen (secondary N) is 2. The molecule has 2 heterocycles. The van der Waals surface area contributed by atoms with Gasteiger partial charge in [0.05, 0.1) is 12.7 Å². The standard InChI is InChI=1S/C7H7N5OS/c13-6(1-5-2-8-3-9-5)11-7-12-10-4-14-7/h2-4H,1H2,(H,8,9)(H,11,12,13). The first kappa shape index (κ1) is 8.82. The maximum absolute atomic E-state index is 11.4. The highest BCUT2D eigenvalue weighted by Gasteiger charge is 2.06. The molecule has 0 bridgehead atoms. The second-order valence-electron chi connectivity index (χ2n) is 2.55. The number of carbonyl (C=O) groups excluding carboxylic acids is 1. The maximum atomic E-state index is 11.4. The van der Waals surface area contributed by atoms with Crippen molar-refractivity contribution in [2.24, 2.45) is 0 Å². The zero-order valence-electron chi connectivity index (χ0n) is 7.10. The summed E-state index contributed by atoms with van der Waals surface area (Å²) in [7, 11) is 0. The van der Waals surface area contributed by atoms with Crippen LogP contribution in [0.1, 0.15) is 5.69 Å². The van der Waals surface area contributed by atoms with Crippen LogP contribution < -0.4 is 5.32 Å². The highest BCUT2D eigenvalue weighted by molar-refractivity contribution is 7.13. The fraction of sp³-hybridized carbons (Fsp3) is 0.143. The van der Waals surface area contributed by atoms with Gasteiger partial charge in [0.1, 0.15) is 5.51 Å². The molecule has 0 atom stereocenters. The molecule has 2 aromatic heterocycles. The van der Waals surface area contributed by atoms with Crippen molar-refractivity contribution in [2.75, 3.05) is 5.32 Å². The van der Waals surface area contributed by atoms with Gasteiger partial charge in [-0.15, -0.1) is 10.2 Å². The van der Waals surface area contributed by atoms with Crippen molar-refractivity contribution in [1.29, 1.82) is 0 Å². The smallest absolute Gasteiger partial charge is 0.232 e. The van der Waals surface area contributed by atoms with Gasteiger partial charge in [0.2, 0.25) is 11.0 Å². The number of nitrogens with zero attached hydrogens (tertiary/aromatic N) is 3. The van der Waals surface area contributed by atoms with E-state index in [0.29, 0.717) is 5.13 Å². The van der Waals surface area contributed by atoms with Gasteiger partial charge in [0.25, 0.3) is 0 Å². The number of carbonyl (C=O) groups is 1. The first-order chi connectivity index (χ1) is 6.84. The van der Waals surface area contributed by atoms with E-state index in [1.807, 2.05) is 0 Å². The summed E-state index contributed by atoms with van der Waals surface area (Å²) in [6.45, 7) is 0. The largest absolute Gasteiger partial charge is 0.348 e. The van der Waals surface area contributed by atoms with E-state index in [2.05, 4.69) is 25.5 Å². The number of anilines is 1. The lowest BCUT2D eigenvalue weighted by Gasteiger charge is -1.97. The molecule has 0 aliphatic carbocycles. The summed E-state index contributed by atoms with van der Waals surface area (Å²) in [5.41, 5.74) is 2.33. The van der Waals surface area contributed by atoms with Gasteiger partial charge >= 0.3 is 0 Å². The van der Waals surface area contributed by atoms with Gasteiger partial charge in [-0.2, -0.15) is 0 Å².